The van der Waals surface area contributed by atoms with E-state index in [4.69, 9.17) is 0 Å². The number of anilines is 3. The van der Waals surface area contributed by atoms with Gasteiger partial charge in [0.1, 0.15) is 0 Å². The molecule has 0 saturated carbocycles. The van der Waals surface area contributed by atoms with Gasteiger partial charge in [0, 0.05) is 64.7 Å². The average Bonchev–Trinajstić information content (AvgIpc) is 3.00. The van der Waals surface area contributed by atoms with Crippen LogP contribution in [0.1, 0.15) is 0 Å². The van der Waals surface area contributed by atoms with Crippen molar-refractivity contribution in [2.45, 2.75) is 0 Å². The van der Waals surface area contributed by atoms with E-state index < -0.39 is 0 Å². The van der Waals surface area contributed by atoms with Crippen molar-refractivity contribution in [2.75, 3.05) is 4.90 Å². The van der Waals surface area contributed by atoms with E-state index in [0.717, 1.165) is 22.4 Å². The summed E-state index contributed by atoms with van der Waals surface area (Å²) in [6.07, 6.45) is 8.99. The zero-order valence-corrected chi connectivity index (χ0v) is 20.3. The van der Waals surface area contributed by atoms with Crippen LogP contribution in [0.2, 0.25) is 0 Å². The number of pyridine rings is 3. The van der Waals surface area contributed by atoms with E-state index in [2.05, 4.69) is 92.6 Å². The predicted molar refractivity (Wildman–Crippen MR) is 152 cm³/mol. The van der Waals surface area contributed by atoms with Gasteiger partial charge in [-0.1, -0.05) is 66.7 Å². The molecule has 0 fully saturated rings. The SMILES string of the molecule is c1ccc(N(c2ccccc2)c2ccccc2)cc1.c1cncc(-c2cccnc2-c2cccnc2)c1. The summed E-state index contributed by atoms with van der Waals surface area (Å²) in [6.45, 7) is 0. The van der Waals surface area contributed by atoms with Gasteiger partial charge in [-0.05, 0) is 60.7 Å². The summed E-state index contributed by atoms with van der Waals surface area (Å²) in [4.78, 5) is 15.0. The van der Waals surface area contributed by atoms with E-state index in [-0.39, 0.29) is 0 Å². The summed E-state index contributed by atoms with van der Waals surface area (Å²) in [5.74, 6) is 0. The topological polar surface area (TPSA) is 41.9 Å². The molecule has 37 heavy (non-hydrogen) atoms. The molecule has 0 aliphatic carbocycles. The smallest absolute Gasteiger partial charge is 0.0796 e. The first kappa shape index (κ1) is 23.6. The Bertz CT molecular complexity index is 1340. The minimum atomic E-state index is 0.929. The van der Waals surface area contributed by atoms with Crippen LogP contribution >= 0.6 is 0 Å². The molecular weight excluding hydrogens is 452 g/mol. The Balaban J connectivity index is 0.000000152. The van der Waals surface area contributed by atoms with E-state index in [1.807, 2.05) is 67.0 Å². The highest BCUT2D eigenvalue weighted by molar-refractivity contribution is 5.79. The van der Waals surface area contributed by atoms with Crippen molar-refractivity contribution in [3.8, 4) is 22.4 Å². The molecule has 0 saturated heterocycles. The molecule has 0 bridgehead atoms. The quantitative estimate of drug-likeness (QED) is 0.250. The minimum Gasteiger partial charge on any atom is -0.311 e. The standard InChI is InChI=1S/C18H15N.C15H11N3/c1-4-10-16(11-5-1)19(17-12-6-2-7-13-17)18-14-8-3-9-15-18;1-4-12(10-16-7-1)14-6-3-9-18-15(14)13-5-2-8-17-11-13/h1-15H;1-11H. The van der Waals surface area contributed by atoms with Crippen LogP contribution in [-0.2, 0) is 0 Å². The van der Waals surface area contributed by atoms with Crippen LogP contribution in [0, 0.1) is 0 Å². The zero-order valence-electron chi connectivity index (χ0n) is 20.3. The molecule has 3 aromatic carbocycles. The summed E-state index contributed by atoms with van der Waals surface area (Å²) in [5.41, 5.74) is 7.57. The van der Waals surface area contributed by atoms with Crippen molar-refractivity contribution >= 4 is 17.1 Å². The fraction of sp³-hybridized carbons (Fsp3) is 0. The van der Waals surface area contributed by atoms with Gasteiger partial charge in [-0.3, -0.25) is 15.0 Å². The van der Waals surface area contributed by atoms with E-state index >= 15 is 0 Å². The Morgan fingerprint density at radius 2 is 0.865 bits per heavy atom. The lowest BCUT2D eigenvalue weighted by molar-refractivity contribution is 1.27. The maximum absolute atomic E-state index is 4.46. The third-order valence-electron chi connectivity index (χ3n) is 5.76. The van der Waals surface area contributed by atoms with Gasteiger partial charge in [0.2, 0.25) is 0 Å². The van der Waals surface area contributed by atoms with Crippen molar-refractivity contribution < 1.29 is 0 Å². The molecule has 0 spiro atoms. The molecule has 6 aromatic rings. The van der Waals surface area contributed by atoms with E-state index in [1.54, 1.807) is 18.6 Å². The van der Waals surface area contributed by atoms with Crippen LogP contribution in [0.5, 0.6) is 0 Å². The summed E-state index contributed by atoms with van der Waals surface area (Å²) in [5, 5.41) is 0. The summed E-state index contributed by atoms with van der Waals surface area (Å²) >= 11 is 0. The van der Waals surface area contributed by atoms with Gasteiger partial charge in [-0.25, -0.2) is 0 Å². The van der Waals surface area contributed by atoms with Gasteiger partial charge in [0.25, 0.3) is 0 Å². The van der Waals surface area contributed by atoms with Crippen molar-refractivity contribution in [1.82, 2.24) is 15.0 Å². The lowest BCUT2D eigenvalue weighted by Crippen LogP contribution is -2.09. The summed E-state index contributed by atoms with van der Waals surface area (Å²) in [7, 11) is 0. The number of aromatic nitrogens is 3. The van der Waals surface area contributed by atoms with Crippen LogP contribution in [0.3, 0.4) is 0 Å². The monoisotopic (exact) mass is 478 g/mol. The van der Waals surface area contributed by atoms with E-state index in [0.29, 0.717) is 0 Å². The van der Waals surface area contributed by atoms with E-state index in [1.165, 1.54) is 17.1 Å². The zero-order chi connectivity index (χ0) is 25.1. The first-order chi connectivity index (χ1) is 18.4. The third kappa shape index (κ3) is 5.95. The number of hydrogen-bond acceptors (Lipinski definition) is 4. The molecule has 3 aromatic heterocycles. The Hall–Kier alpha value is -5.09. The largest absolute Gasteiger partial charge is 0.311 e. The fourth-order valence-electron chi connectivity index (χ4n) is 4.07. The van der Waals surface area contributed by atoms with Crippen molar-refractivity contribution in [2.24, 2.45) is 0 Å². The molecule has 3 heterocycles. The summed E-state index contributed by atoms with van der Waals surface area (Å²) in [6, 6.07) is 43.1. The maximum atomic E-state index is 4.46. The Kier molecular flexibility index (Phi) is 7.70. The van der Waals surface area contributed by atoms with Gasteiger partial charge in [-0.15, -0.1) is 0 Å². The number of rotatable bonds is 5. The molecule has 0 aliphatic heterocycles. The summed E-state index contributed by atoms with van der Waals surface area (Å²) < 4.78 is 0. The molecule has 4 heteroatoms. The number of benzene rings is 3. The lowest BCUT2D eigenvalue weighted by atomic mass is 10.0. The number of hydrogen-bond donors (Lipinski definition) is 0. The fourth-order valence-corrected chi connectivity index (χ4v) is 4.07. The maximum Gasteiger partial charge on any atom is 0.0796 e. The van der Waals surface area contributed by atoms with Crippen LogP contribution in [-0.4, -0.2) is 15.0 Å². The first-order valence-electron chi connectivity index (χ1n) is 12.1. The molecule has 6 rings (SSSR count). The predicted octanol–water partition coefficient (Wildman–Crippen LogP) is 8.36. The minimum absolute atomic E-state index is 0.929. The second kappa shape index (κ2) is 12.0. The van der Waals surface area contributed by atoms with Gasteiger partial charge in [0.15, 0.2) is 0 Å². The molecular formula is C33H26N4. The second-order valence-corrected chi connectivity index (χ2v) is 8.23. The average molecular weight is 479 g/mol. The highest BCUT2D eigenvalue weighted by atomic mass is 15.1. The first-order valence-corrected chi connectivity index (χ1v) is 12.1. The Morgan fingerprint density at radius 3 is 1.32 bits per heavy atom. The molecule has 0 atom stereocenters. The third-order valence-corrected chi connectivity index (χ3v) is 5.76. The molecule has 0 amide bonds. The normalized spacial score (nSPS) is 10.2. The van der Waals surface area contributed by atoms with Gasteiger partial charge >= 0.3 is 0 Å². The second-order valence-electron chi connectivity index (χ2n) is 8.23. The van der Waals surface area contributed by atoms with Crippen LogP contribution < -0.4 is 4.90 Å². The molecule has 0 N–H and O–H groups in total. The molecule has 0 unspecified atom stereocenters. The van der Waals surface area contributed by atoms with Gasteiger partial charge in [0.05, 0.1) is 5.69 Å². The van der Waals surface area contributed by atoms with Crippen molar-refractivity contribution in [3.05, 3.63) is 158 Å². The highest BCUT2D eigenvalue weighted by Gasteiger charge is 2.10. The number of nitrogens with zero attached hydrogens (tertiary/aromatic N) is 4. The Labute approximate surface area is 217 Å². The molecule has 0 aliphatic rings. The lowest BCUT2D eigenvalue weighted by Gasteiger charge is -2.25. The number of para-hydroxylation sites is 3. The van der Waals surface area contributed by atoms with E-state index in [9.17, 15) is 0 Å². The van der Waals surface area contributed by atoms with Gasteiger partial charge < -0.3 is 4.90 Å². The van der Waals surface area contributed by atoms with Crippen LogP contribution in [0.25, 0.3) is 22.4 Å². The molecule has 0 radical (unpaired) electrons. The van der Waals surface area contributed by atoms with Crippen molar-refractivity contribution in [1.29, 1.82) is 0 Å². The van der Waals surface area contributed by atoms with Crippen LogP contribution in [0.15, 0.2) is 158 Å². The Morgan fingerprint density at radius 1 is 0.405 bits per heavy atom. The highest BCUT2D eigenvalue weighted by Crippen LogP contribution is 2.33. The molecule has 4 nitrogen and oxygen atoms in total. The van der Waals surface area contributed by atoms with Crippen LogP contribution in [0.4, 0.5) is 17.1 Å². The van der Waals surface area contributed by atoms with Crippen molar-refractivity contribution in [3.63, 3.8) is 0 Å². The molecule has 178 valence electrons. The van der Waals surface area contributed by atoms with Gasteiger partial charge in [-0.2, -0.15) is 0 Å².